The van der Waals surface area contributed by atoms with Crippen LogP contribution in [-0.2, 0) is 16.6 Å². The van der Waals surface area contributed by atoms with Gasteiger partial charge in [0.1, 0.15) is 0 Å². The lowest BCUT2D eigenvalue weighted by Gasteiger charge is -2.29. The van der Waals surface area contributed by atoms with E-state index in [2.05, 4.69) is 32.7 Å². The molecule has 0 bridgehead atoms. The van der Waals surface area contributed by atoms with Crippen molar-refractivity contribution < 1.29 is 9.53 Å². The first-order valence-corrected chi connectivity index (χ1v) is 9.13. The number of carbonyl (C=O) groups is 1. The van der Waals surface area contributed by atoms with Crippen LogP contribution in [0.3, 0.4) is 0 Å². The molecule has 2 fully saturated rings. The van der Waals surface area contributed by atoms with E-state index in [0.717, 1.165) is 44.2 Å². The minimum Gasteiger partial charge on any atom is -0.378 e. The standard InChI is InChI=1S/C19H25N5O2/c1-23-12-18(21-13-23)16-10-20-11-17(16)19(25)22-14-2-4-15(5-3-14)24-6-8-26-9-7-24/h2-5,12-13,16-17,20H,6-11H2,1H3,(H,22,25)/t16-,17-/m1/s1. The zero-order valence-corrected chi connectivity index (χ0v) is 15.0. The molecule has 2 aliphatic heterocycles. The van der Waals surface area contributed by atoms with Crippen molar-refractivity contribution in [3.8, 4) is 0 Å². The predicted molar refractivity (Wildman–Crippen MR) is 100 cm³/mol. The van der Waals surface area contributed by atoms with Crippen molar-refractivity contribution in [1.82, 2.24) is 14.9 Å². The van der Waals surface area contributed by atoms with Crippen molar-refractivity contribution in [3.05, 3.63) is 42.5 Å². The molecule has 3 heterocycles. The number of anilines is 2. The summed E-state index contributed by atoms with van der Waals surface area (Å²) >= 11 is 0. The van der Waals surface area contributed by atoms with Crippen molar-refractivity contribution in [2.75, 3.05) is 49.6 Å². The van der Waals surface area contributed by atoms with Gasteiger partial charge in [-0.3, -0.25) is 4.79 Å². The molecular weight excluding hydrogens is 330 g/mol. The van der Waals surface area contributed by atoms with Gasteiger partial charge in [-0.1, -0.05) is 0 Å². The fourth-order valence-corrected chi connectivity index (χ4v) is 3.70. The first kappa shape index (κ1) is 17.1. The summed E-state index contributed by atoms with van der Waals surface area (Å²) in [7, 11) is 1.95. The molecule has 2 aromatic rings. The van der Waals surface area contributed by atoms with Gasteiger partial charge in [-0.2, -0.15) is 0 Å². The van der Waals surface area contributed by atoms with Gasteiger partial charge in [0.15, 0.2) is 0 Å². The van der Waals surface area contributed by atoms with Crippen LogP contribution in [0, 0.1) is 5.92 Å². The molecule has 2 saturated heterocycles. The molecule has 4 rings (SSSR count). The summed E-state index contributed by atoms with van der Waals surface area (Å²) in [6, 6.07) is 8.07. The van der Waals surface area contributed by atoms with Crippen LogP contribution in [0.5, 0.6) is 0 Å². The summed E-state index contributed by atoms with van der Waals surface area (Å²) in [6.07, 6.45) is 3.78. The van der Waals surface area contributed by atoms with Crippen molar-refractivity contribution in [2.45, 2.75) is 5.92 Å². The van der Waals surface area contributed by atoms with Gasteiger partial charge in [0.2, 0.25) is 5.91 Å². The maximum Gasteiger partial charge on any atom is 0.229 e. The van der Waals surface area contributed by atoms with Gasteiger partial charge in [-0.15, -0.1) is 0 Å². The number of hydrogen-bond donors (Lipinski definition) is 2. The molecule has 7 heteroatoms. The van der Waals surface area contributed by atoms with Crippen LogP contribution >= 0.6 is 0 Å². The maximum absolute atomic E-state index is 12.8. The number of ether oxygens (including phenoxy) is 1. The highest BCUT2D eigenvalue weighted by Crippen LogP contribution is 2.28. The lowest BCUT2D eigenvalue weighted by Crippen LogP contribution is -2.36. The summed E-state index contributed by atoms with van der Waals surface area (Å²) in [5.41, 5.74) is 2.97. The van der Waals surface area contributed by atoms with Crippen LogP contribution in [-0.4, -0.2) is 54.9 Å². The molecule has 1 amide bonds. The van der Waals surface area contributed by atoms with E-state index in [4.69, 9.17) is 4.74 Å². The quantitative estimate of drug-likeness (QED) is 0.862. The normalized spacial score (nSPS) is 23.2. The Balaban J connectivity index is 1.40. The second-order valence-electron chi connectivity index (χ2n) is 6.97. The third-order valence-corrected chi connectivity index (χ3v) is 5.17. The van der Waals surface area contributed by atoms with E-state index in [1.807, 2.05) is 29.9 Å². The Kier molecular flexibility index (Phi) is 4.90. The minimum absolute atomic E-state index is 0.0461. The molecule has 0 radical (unpaired) electrons. The zero-order valence-electron chi connectivity index (χ0n) is 15.0. The molecule has 2 aliphatic rings. The topological polar surface area (TPSA) is 71.4 Å². The van der Waals surface area contributed by atoms with Crippen molar-refractivity contribution in [2.24, 2.45) is 13.0 Å². The van der Waals surface area contributed by atoms with Gasteiger partial charge < -0.3 is 24.8 Å². The van der Waals surface area contributed by atoms with Gasteiger partial charge in [0, 0.05) is 56.7 Å². The zero-order chi connectivity index (χ0) is 17.9. The number of hydrogen-bond acceptors (Lipinski definition) is 5. The highest BCUT2D eigenvalue weighted by Gasteiger charge is 2.35. The number of benzene rings is 1. The van der Waals surface area contributed by atoms with E-state index in [9.17, 15) is 4.79 Å². The first-order valence-electron chi connectivity index (χ1n) is 9.13. The number of nitrogens with zero attached hydrogens (tertiary/aromatic N) is 3. The molecule has 0 unspecified atom stereocenters. The number of rotatable bonds is 4. The molecule has 1 aromatic heterocycles. The van der Waals surface area contributed by atoms with E-state index in [0.29, 0.717) is 6.54 Å². The Labute approximate surface area is 153 Å². The van der Waals surface area contributed by atoms with E-state index in [1.54, 1.807) is 6.33 Å². The van der Waals surface area contributed by atoms with E-state index in [1.165, 1.54) is 5.69 Å². The largest absolute Gasteiger partial charge is 0.378 e. The summed E-state index contributed by atoms with van der Waals surface area (Å²) in [5.74, 6) is 0.0532. The highest BCUT2D eigenvalue weighted by molar-refractivity contribution is 5.93. The molecule has 2 atom stereocenters. The van der Waals surface area contributed by atoms with Crippen LogP contribution in [0.4, 0.5) is 11.4 Å². The van der Waals surface area contributed by atoms with Crippen molar-refractivity contribution in [1.29, 1.82) is 0 Å². The Bertz CT molecular complexity index is 752. The lowest BCUT2D eigenvalue weighted by atomic mass is 9.92. The van der Waals surface area contributed by atoms with Crippen LogP contribution in [0.1, 0.15) is 11.6 Å². The average Bonchev–Trinajstić information content (AvgIpc) is 3.32. The molecule has 26 heavy (non-hydrogen) atoms. The Morgan fingerprint density at radius 3 is 2.69 bits per heavy atom. The van der Waals surface area contributed by atoms with Crippen LogP contribution in [0.25, 0.3) is 0 Å². The molecular formula is C19H25N5O2. The van der Waals surface area contributed by atoms with Gasteiger partial charge in [0.25, 0.3) is 0 Å². The van der Waals surface area contributed by atoms with Crippen LogP contribution < -0.4 is 15.5 Å². The average molecular weight is 355 g/mol. The minimum atomic E-state index is -0.108. The van der Waals surface area contributed by atoms with Crippen molar-refractivity contribution in [3.63, 3.8) is 0 Å². The number of nitrogens with one attached hydrogen (secondary N) is 2. The molecule has 138 valence electrons. The summed E-state index contributed by atoms with van der Waals surface area (Å²) in [5, 5.41) is 6.38. The summed E-state index contributed by atoms with van der Waals surface area (Å²) < 4.78 is 7.31. The number of imidazole rings is 1. The predicted octanol–water partition coefficient (Wildman–Crippen LogP) is 1.20. The second-order valence-corrected chi connectivity index (χ2v) is 6.97. The maximum atomic E-state index is 12.8. The SMILES string of the molecule is Cn1cnc([C@@H]2CNC[C@H]2C(=O)Nc2ccc(N3CCOCC3)cc2)c1. The van der Waals surface area contributed by atoms with Gasteiger partial charge in [0.05, 0.1) is 31.2 Å². The molecule has 2 N–H and O–H groups in total. The van der Waals surface area contributed by atoms with Crippen LogP contribution in [0.15, 0.2) is 36.8 Å². The van der Waals surface area contributed by atoms with Gasteiger partial charge in [-0.05, 0) is 24.3 Å². The number of carbonyl (C=O) groups excluding carboxylic acids is 1. The highest BCUT2D eigenvalue weighted by atomic mass is 16.5. The smallest absolute Gasteiger partial charge is 0.229 e. The number of morpholine rings is 1. The number of aryl methyl sites for hydroxylation is 1. The third-order valence-electron chi connectivity index (χ3n) is 5.17. The number of aromatic nitrogens is 2. The second kappa shape index (κ2) is 7.47. The van der Waals surface area contributed by atoms with Gasteiger partial charge >= 0.3 is 0 Å². The van der Waals surface area contributed by atoms with Crippen molar-refractivity contribution >= 4 is 17.3 Å². The third kappa shape index (κ3) is 3.59. The Morgan fingerprint density at radius 2 is 2.00 bits per heavy atom. The fourth-order valence-electron chi connectivity index (χ4n) is 3.70. The molecule has 7 nitrogen and oxygen atoms in total. The number of amides is 1. The van der Waals surface area contributed by atoms with Gasteiger partial charge in [-0.25, -0.2) is 4.98 Å². The van der Waals surface area contributed by atoms with E-state index in [-0.39, 0.29) is 17.7 Å². The Morgan fingerprint density at radius 1 is 1.23 bits per heavy atom. The molecule has 0 spiro atoms. The molecule has 0 aliphatic carbocycles. The molecule has 1 aromatic carbocycles. The lowest BCUT2D eigenvalue weighted by molar-refractivity contribution is -0.119. The summed E-state index contributed by atoms with van der Waals surface area (Å²) in [4.78, 5) is 19.5. The van der Waals surface area contributed by atoms with E-state index < -0.39 is 0 Å². The monoisotopic (exact) mass is 355 g/mol. The summed E-state index contributed by atoms with van der Waals surface area (Å²) in [6.45, 7) is 4.81. The molecule has 0 saturated carbocycles. The van der Waals surface area contributed by atoms with E-state index >= 15 is 0 Å². The first-order chi connectivity index (χ1) is 12.7. The fraction of sp³-hybridized carbons (Fsp3) is 0.474. The van der Waals surface area contributed by atoms with Crippen LogP contribution in [0.2, 0.25) is 0 Å². The Hall–Kier alpha value is -2.38.